The van der Waals surface area contributed by atoms with E-state index in [9.17, 15) is 4.79 Å². The van der Waals surface area contributed by atoms with Gasteiger partial charge in [0.2, 0.25) is 5.88 Å². The zero-order valence-corrected chi connectivity index (χ0v) is 12.3. The lowest BCUT2D eigenvalue weighted by Crippen LogP contribution is -2.51. The van der Waals surface area contributed by atoms with Crippen molar-refractivity contribution < 1.29 is 14.3 Å². The molecule has 0 aliphatic carbocycles. The van der Waals surface area contributed by atoms with Crippen molar-refractivity contribution >= 4 is 5.91 Å². The summed E-state index contributed by atoms with van der Waals surface area (Å²) < 4.78 is 11.3. The molecule has 1 amide bonds. The molecule has 1 fully saturated rings. The molecule has 0 aromatic carbocycles. The quantitative estimate of drug-likeness (QED) is 0.882. The van der Waals surface area contributed by atoms with Gasteiger partial charge in [-0.1, -0.05) is 6.07 Å². The van der Waals surface area contributed by atoms with Crippen LogP contribution in [-0.2, 0) is 4.74 Å². The number of aromatic nitrogens is 3. The first kappa shape index (κ1) is 14.5. The van der Waals surface area contributed by atoms with E-state index < -0.39 is 0 Å². The highest BCUT2D eigenvalue weighted by atomic mass is 16.5. The van der Waals surface area contributed by atoms with Crippen molar-refractivity contribution in [3.8, 4) is 5.88 Å². The van der Waals surface area contributed by atoms with Crippen molar-refractivity contribution in [3.63, 3.8) is 0 Å². The summed E-state index contributed by atoms with van der Waals surface area (Å²) in [5.74, 6) is 0.585. The highest BCUT2D eigenvalue weighted by Gasteiger charge is 2.30. The SMILES string of the molecule is Cc1cnc(C(=O)N[C@@H]2CCOC[C@H]2Oc2ccccn2)[nH]1. The normalized spacial score (nSPS) is 21.3. The fourth-order valence-electron chi connectivity index (χ4n) is 2.33. The Labute approximate surface area is 128 Å². The first-order valence-electron chi connectivity index (χ1n) is 7.20. The molecule has 7 nitrogen and oxygen atoms in total. The molecular formula is C15H18N4O3. The lowest BCUT2D eigenvalue weighted by Gasteiger charge is -2.31. The number of rotatable bonds is 4. The lowest BCUT2D eigenvalue weighted by molar-refractivity contribution is -0.0153. The second kappa shape index (κ2) is 6.57. The number of nitrogens with one attached hydrogen (secondary N) is 2. The van der Waals surface area contributed by atoms with Crippen molar-refractivity contribution in [2.75, 3.05) is 13.2 Å². The van der Waals surface area contributed by atoms with Crippen LogP contribution in [0.2, 0.25) is 0 Å². The molecule has 1 saturated heterocycles. The molecule has 1 aliphatic heterocycles. The average Bonchev–Trinajstić information content (AvgIpc) is 2.97. The maximum atomic E-state index is 12.2. The van der Waals surface area contributed by atoms with Gasteiger partial charge in [0.05, 0.1) is 12.6 Å². The Kier molecular flexibility index (Phi) is 4.34. The van der Waals surface area contributed by atoms with Crippen LogP contribution in [-0.4, -0.2) is 46.2 Å². The molecule has 0 radical (unpaired) electrons. The molecule has 0 saturated carbocycles. The van der Waals surface area contributed by atoms with Crippen molar-refractivity contribution in [2.24, 2.45) is 0 Å². The smallest absolute Gasteiger partial charge is 0.287 e. The molecule has 7 heteroatoms. The molecule has 0 bridgehead atoms. The summed E-state index contributed by atoms with van der Waals surface area (Å²) in [7, 11) is 0. The van der Waals surface area contributed by atoms with E-state index in [0.717, 1.165) is 5.69 Å². The highest BCUT2D eigenvalue weighted by Crippen LogP contribution is 2.15. The maximum Gasteiger partial charge on any atom is 0.287 e. The number of ether oxygens (including phenoxy) is 2. The monoisotopic (exact) mass is 302 g/mol. The lowest BCUT2D eigenvalue weighted by atomic mass is 10.1. The van der Waals surface area contributed by atoms with Gasteiger partial charge in [-0.05, 0) is 19.4 Å². The van der Waals surface area contributed by atoms with Gasteiger partial charge in [0.25, 0.3) is 5.91 Å². The molecule has 3 rings (SSSR count). The van der Waals surface area contributed by atoms with Crippen LogP contribution in [0.3, 0.4) is 0 Å². The molecule has 3 heterocycles. The fourth-order valence-corrected chi connectivity index (χ4v) is 2.33. The number of pyridine rings is 1. The fraction of sp³-hybridized carbons (Fsp3) is 0.400. The van der Waals surface area contributed by atoms with Gasteiger partial charge in [0, 0.05) is 30.8 Å². The van der Waals surface area contributed by atoms with Gasteiger partial charge >= 0.3 is 0 Å². The summed E-state index contributed by atoms with van der Waals surface area (Å²) in [6.45, 7) is 2.86. The molecule has 22 heavy (non-hydrogen) atoms. The van der Waals surface area contributed by atoms with Crippen LogP contribution in [0, 0.1) is 6.92 Å². The summed E-state index contributed by atoms with van der Waals surface area (Å²) in [5.41, 5.74) is 0.846. The highest BCUT2D eigenvalue weighted by molar-refractivity contribution is 5.90. The Hall–Kier alpha value is -2.41. The Bertz CT molecular complexity index is 629. The van der Waals surface area contributed by atoms with Crippen LogP contribution in [0.15, 0.2) is 30.6 Å². The number of aromatic amines is 1. The molecule has 2 aromatic heterocycles. The van der Waals surface area contributed by atoms with Crippen molar-refractivity contribution in [2.45, 2.75) is 25.5 Å². The standard InChI is InChI=1S/C15H18N4O3/c1-10-8-17-14(18-10)15(20)19-11-5-7-21-9-12(11)22-13-4-2-3-6-16-13/h2-4,6,8,11-12H,5,7,9H2,1H3,(H,17,18)(H,19,20)/t11-,12-/m1/s1. The van der Waals surface area contributed by atoms with Crippen LogP contribution in [0.5, 0.6) is 5.88 Å². The van der Waals surface area contributed by atoms with Crippen LogP contribution >= 0.6 is 0 Å². The van der Waals surface area contributed by atoms with Gasteiger partial charge in [0.1, 0.15) is 6.10 Å². The largest absolute Gasteiger partial charge is 0.470 e. The van der Waals surface area contributed by atoms with Crippen molar-refractivity contribution in [3.05, 3.63) is 42.1 Å². The molecule has 0 unspecified atom stereocenters. The Balaban J connectivity index is 1.66. The van der Waals surface area contributed by atoms with Gasteiger partial charge < -0.3 is 19.8 Å². The third-order valence-corrected chi connectivity index (χ3v) is 3.45. The second-order valence-corrected chi connectivity index (χ2v) is 5.18. The average molecular weight is 302 g/mol. The van der Waals surface area contributed by atoms with E-state index >= 15 is 0 Å². The number of carbonyl (C=O) groups is 1. The zero-order valence-electron chi connectivity index (χ0n) is 12.3. The second-order valence-electron chi connectivity index (χ2n) is 5.18. The molecule has 1 aliphatic rings. The van der Waals surface area contributed by atoms with Gasteiger partial charge in [-0.15, -0.1) is 0 Å². The Morgan fingerprint density at radius 2 is 2.36 bits per heavy atom. The van der Waals surface area contributed by atoms with Gasteiger partial charge in [-0.2, -0.15) is 0 Å². The molecule has 0 spiro atoms. The third-order valence-electron chi connectivity index (χ3n) is 3.45. The molecule has 2 aromatic rings. The van der Waals surface area contributed by atoms with E-state index in [1.54, 1.807) is 18.5 Å². The molecule has 2 N–H and O–H groups in total. The minimum absolute atomic E-state index is 0.145. The van der Waals surface area contributed by atoms with E-state index in [-0.39, 0.29) is 18.1 Å². The summed E-state index contributed by atoms with van der Waals surface area (Å²) in [4.78, 5) is 23.3. The third kappa shape index (κ3) is 3.43. The van der Waals surface area contributed by atoms with Crippen LogP contribution < -0.4 is 10.1 Å². The Morgan fingerprint density at radius 3 is 3.09 bits per heavy atom. The molecular weight excluding hydrogens is 284 g/mol. The number of carbonyl (C=O) groups excluding carboxylic acids is 1. The first-order valence-corrected chi connectivity index (χ1v) is 7.20. The van der Waals surface area contributed by atoms with E-state index in [1.807, 2.05) is 19.1 Å². The van der Waals surface area contributed by atoms with Crippen LogP contribution in [0.1, 0.15) is 22.7 Å². The van der Waals surface area contributed by atoms with E-state index in [4.69, 9.17) is 9.47 Å². The number of aryl methyl sites for hydroxylation is 1. The van der Waals surface area contributed by atoms with Crippen molar-refractivity contribution in [1.29, 1.82) is 0 Å². The predicted molar refractivity (Wildman–Crippen MR) is 78.7 cm³/mol. The number of H-pyrrole nitrogens is 1. The minimum Gasteiger partial charge on any atom is -0.470 e. The zero-order chi connectivity index (χ0) is 15.4. The van der Waals surface area contributed by atoms with Gasteiger partial charge in [0.15, 0.2) is 5.82 Å². The van der Waals surface area contributed by atoms with Crippen molar-refractivity contribution in [1.82, 2.24) is 20.3 Å². The first-order chi connectivity index (χ1) is 10.7. The molecule has 116 valence electrons. The summed E-state index contributed by atoms with van der Waals surface area (Å²) >= 11 is 0. The van der Waals surface area contributed by atoms with Crippen LogP contribution in [0.4, 0.5) is 0 Å². The topological polar surface area (TPSA) is 89.1 Å². The summed E-state index contributed by atoms with van der Waals surface area (Å²) in [6, 6.07) is 5.31. The number of imidazole rings is 1. The van der Waals surface area contributed by atoms with E-state index in [2.05, 4.69) is 20.3 Å². The van der Waals surface area contributed by atoms with Crippen LogP contribution in [0.25, 0.3) is 0 Å². The number of nitrogens with zero attached hydrogens (tertiary/aromatic N) is 2. The van der Waals surface area contributed by atoms with E-state index in [1.165, 1.54) is 0 Å². The predicted octanol–water partition coefficient (Wildman–Crippen LogP) is 1.08. The maximum absolute atomic E-state index is 12.2. The number of amides is 1. The van der Waals surface area contributed by atoms with Gasteiger partial charge in [-0.3, -0.25) is 4.79 Å². The van der Waals surface area contributed by atoms with Gasteiger partial charge in [-0.25, -0.2) is 9.97 Å². The molecule has 2 atom stereocenters. The Morgan fingerprint density at radius 1 is 1.45 bits per heavy atom. The minimum atomic E-state index is -0.274. The summed E-state index contributed by atoms with van der Waals surface area (Å²) in [5, 5.41) is 2.95. The number of hydrogen-bond acceptors (Lipinski definition) is 5. The summed E-state index contributed by atoms with van der Waals surface area (Å²) in [6.07, 6.45) is 3.70. The number of hydrogen-bond donors (Lipinski definition) is 2. The van der Waals surface area contributed by atoms with E-state index in [0.29, 0.717) is 31.3 Å².